The fourth-order valence-electron chi connectivity index (χ4n) is 1.78. The zero-order valence-corrected chi connectivity index (χ0v) is 11.5. The number of Topliss-reactive ketones (excluding diaryl/α,β-unsaturated/α-hetero) is 1. The molecule has 0 spiro atoms. The van der Waals surface area contributed by atoms with Crippen LogP contribution in [0.5, 0.6) is 0 Å². The Labute approximate surface area is 116 Å². The maximum Gasteiger partial charge on any atom is 0.161 e. The number of halogens is 2. The number of ketones is 1. The highest BCUT2D eigenvalue weighted by atomic mass is 35.5. The largest absolute Gasteiger partial charge is 0.294 e. The molecular formula is C14H11Cl2NO. The zero-order valence-electron chi connectivity index (χ0n) is 10.00. The van der Waals surface area contributed by atoms with Crippen LogP contribution in [0.4, 0.5) is 0 Å². The van der Waals surface area contributed by atoms with Gasteiger partial charge in [-0.1, -0.05) is 23.2 Å². The van der Waals surface area contributed by atoms with Crippen LogP contribution in [-0.4, -0.2) is 10.8 Å². The highest BCUT2D eigenvalue weighted by molar-refractivity contribution is 6.35. The Morgan fingerprint density at radius 2 is 1.89 bits per heavy atom. The fraction of sp³-hybridized carbons (Fsp3) is 0.143. The van der Waals surface area contributed by atoms with Gasteiger partial charge in [0.15, 0.2) is 5.78 Å². The van der Waals surface area contributed by atoms with Crippen LogP contribution in [0.25, 0.3) is 11.3 Å². The van der Waals surface area contributed by atoms with Gasteiger partial charge in [0.05, 0.1) is 10.7 Å². The third kappa shape index (κ3) is 2.55. The van der Waals surface area contributed by atoms with Crippen LogP contribution in [0.2, 0.25) is 10.0 Å². The molecule has 0 atom stereocenters. The van der Waals surface area contributed by atoms with Gasteiger partial charge >= 0.3 is 0 Å². The predicted octanol–water partition coefficient (Wildman–Crippen LogP) is 4.57. The highest BCUT2D eigenvalue weighted by Crippen LogP contribution is 2.29. The number of carbonyl (C=O) groups is 1. The van der Waals surface area contributed by atoms with Gasteiger partial charge in [-0.25, -0.2) is 0 Å². The quantitative estimate of drug-likeness (QED) is 0.754. The minimum atomic E-state index is 0.00346. The number of hydrogen-bond acceptors (Lipinski definition) is 2. The summed E-state index contributed by atoms with van der Waals surface area (Å²) in [6, 6.07) is 8.76. The van der Waals surface area contributed by atoms with E-state index in [4.69, 9.17) is 23.2 Å². The summed E-state index contributed by atoms with van der Waals surface area (Å²) in [4.78, 5) is 15.8. The summed E-state index contributed by atoms with van der Waals surface area (Å²) in [6.07, 6.45) is 0. The molecule has 1 aromatic heterocycles. The molecule has 4 heteroatoms. The molecule has 0 aliphatic heterocycles. The van der Waals surface area contributed by atoms with Crippen molar-refractivity contribution in [1.82, 2.24) is 4.98 Å². The first-order valence-corrected chi connectivity index (χ1v) is 6.18. The van der Waals surface area contributed by atoms with Crippen molar-refractivity contribution in [2.45, 2.75) is 13.8 Å². The Kier molecular flexibility index (Phi) is 3.69. The molecule has 1 aromatic carbocycles. The molecule has 0 aliphatic carbocycles. The molecule has 18 heavy (non-hydrogen) atoms. The molecule has 92 valence electrons. The molecule has 0 saturated carbocycles. The van der Waals surface area contributed by atoms with Gasteiger partial charge in [-0.2, -0.15) is 0 Å². The molecule has 0 unspecified atom stereocenters. The van der Waals surface area contributed by atoms with Crippen LogP contribution >= 0.6 is 23.2 Å². The molecule has 2 rings (SSSR count). The first-order valence-electron chi connectivity index (χ1n) is 5.43. The molecule has 0 bridgehead atoms. The van der Waals surface area contributed by atoms with Gasteiger partial charge in [0.2, 0.25) is 0 Å². The Balaban J connectivity index is 2.55. The number of nitrogens with zero attached hydrogens (tertiary/aromatic N) is 1. The molecule has 0 fully saturated rings. The third-order valence-corrected chi connectivity index (χ3v) is 3.23. The maximum atomic E-state index is 11.3. The molecule has 0 amide bonds. The summed E-state index contributed by atoms with van der Waals surface area (Å²) in [7, 11) is 0. The second kappa shape index (κ2) is 5.09. The fourth-order valence-corrected chi connectivity index (χ4v) is 2.16. The minimum Gasteiger partial charge on any atom is -0.294 e. The van der Waals surface area contributed by atoms with Crippen molar-refractivity contribution < 1.29 is 4.79 Å². The minimum absolute atomic E-state index is 0.00346. The van der Waals surface area contributed by atoms with Crippen LogP contribution < -0.4 is 0 Å². The van der Waals surface area contributed by atoms with Gasteiger partial charge < -0.3 is 0 Å². The molecule has 0 radical (unpaired) electrons. The normalized spacial score (nSPS) is 10.4. The molecule has 0 N–H and O–H groups in total. The molecule has 2 aromatic rings. The molecule has 1 heterocycles. The van der Waals surface area contributed by atoms with Crippen LogP contribution in [-0.2, 0) is 0 Å². The van der Waals surface area contributed by atoms with Crippen molar-refractivity contribution in [3.63, 3.8) is 0 Å². The van der Waals surface area contributed by atoms with Crippen LogP contribution in [0.3, 0.4) is 0 Å². The van der Waals surface area contributed by atoms with Crippen molar-refractivity contribution in [3.8, 4) is 11.3 Å². The number of pyridine rings is 1. The van der Waals surface area contributed by atoms with Gasteiger partial charge in [0.25, 0.3) is 0 Å². The van der Waals surface area contributed by atoms with Crippen molar-refractivity contribution in [2.75, 3.05) is 0 Å². The number of aryl methyl sites for hydroxylation is 1. The second-order valence-electron chi connectivity index (χ2n) is 4.01. The smallest absolute Gasteiger partial charge is 0.161 e. The van der Waals surface area contributed by atoms with Gasteiger partial charge in [-0.05, 0) is 44.2 Å². The van der Waals surface area contributed by atoms with E-state index in [9.17, 15) is 4.79 Å². The van der Waals surface area contributed by atoms with E-state index in [1.165, 1.54) is 6.92 Å². The Bertz CT molecular complexity index is 623. The van der Waals surface area contributed by atoms with Crippen LogP contribution in [0.15, 0.2) is 30.3 Å². The first kappa shape index (κ1) is 13.1. The summed E-state index contributed by atoms with van der Waals surface area (Å²) in [5.74, 6) is 0.00346. The van der Waals surface area contributed by atoms with E-state index in [1.54, 1.807) is 37.3 Å². The van der Waals surface area contributed by atoms with Crippen molar-refractivity contribution in [1.29, 1.82) is 0 Å². The second-order valence-corrected chi connectivity index (χ2v) is 4.85. The van der Waals surface area contributed by atoms with Crippen LogP contribution in [0.1, 0.15) is 23.0 Å². The van der Waals surface area contributed by atoms with E-state index in [0.717, 1.165) is 5.56 Å². The maximum absolute atomic E-state index is 11.3. The Morgan fingerprint density at radius 1 is 1.17 bits per heavy atom. The lowest BCUT2D eigenvalue weighted by atomic mass is 10.1. The summed E-state index contributed by atoms with van der Waals surface area (Å²) in [6.45, 7) is 3.33. The number of benzene rings is 1. The first-order chi connectivity index (χ1) is 8.49. The summed E-state index contributed by atoms with van der Waals surface area (Å²) >= 11 is 12.1. The van der Waals surface area contributed by atoms with Crippen molar-refractivity contribution in [3.05, 3.63) is 51.6 Å². The monoisotopic (exact) mass is 279 g/mol. The molecular weight excluding hydrogens is 269 g/mol. The summed E-state index contributed by atoms with van der Waals surface area (Å²) < 4.78 is 0. The average Bonchev–Trinajstić information content (AvgIpc) is 2.31. The zero-order chi connectivity index (χ0) is 13.3. The van der Waals surface area contributed by atoms with E-state index >= 15 is 0 Å². The molecule has 0 saturated heterocycles. The number of aromatic nitrogens is 1. The third-order valence-electron chi connectivity index (χ3n) is 2.67. The van der Waals surface area contributed by atoms with Gasteiger partial charge in [0, 0.05) is 21.8 Å². The van der Waals surface area contributed by atoms with E-state index in [0.29, 0.717) is 27.0 Å². The average molecular weight is 280 g/mol. The van der Waals surface area contributed by atoms with E-state index in [1.807, 2.05) is 0 Å². The van der Waals surface area contributed by atoms with Crippen molar-refractivity contribution >= 4 is 29.0 Å². The van der Waals surface area contributed by atoms with E-state index in [2.05, 4.69) is 4.98 Å². The lowest BCUT2D eigenvalue weighted by Crippen LogP contribution is -1.99. The van der Waals surface area contributed by atoms with Crippen molar-refractivity contribution in [2.24, 2.45) is 0 Å². The summed E-state index contributed by atoms with van der Waals surface area (Å²) in [5.41, 5.74) is 2.79. The number of carbonyl (C=O) groups excluding carboxylic acids is 1. The Hall–Kier alpha value is -1.38. The predicted molar refractivity (Wildman–Crippen MR) is 74.4 cm³/mol. The number of rotatable bonds is 2. The van der Waals surface area contributed by atoms with E-state index in [-0.39, 0.29) is 5.78 Å². The topological polar surface area (TPSA) is 30.0 Å². The SMILES string of the molecule is CC(=O)c1ccc(-c2cc(Cl)ccc2Cl)nc1C. The van der Waals surface area contributed by atoms with Gasteiger partial charge in [-0.15, -0.1) is 0 Å². The Morgan fingerprint density at radius 3 is 2.50 bits per heavy atom. The molecule has 2 nitrogen and oxygen atoms in total. The van der Waals surface area contributed by atoms with E-state index < -0.39 is 0 Å². The lowest BCUT2D eigenvalue weighted by Gasteiger charge is -2.07. The standard InChI is InChI=1S/C14H11Cl2NO/c1-8-11(9(2)18)4-6-14(17-8)12-7-10(15)3-5-13(12)16/h3-7H,1-2H3. The summed E-state index contributed by atoms with van der Waals surface area (Å²) in [5, 5.41) is 1.19. The van der Waals surface area contributed by atoms with Gasteiger partial charge in [-0.3, -0.25) is 9.78 Å². The lowest BCUT2D eigenvalue weighted by molar-refractivity contribution is 0.101. The van der Waals surface area contributed by atoms with Crippen LogP contribution in [0, 0.1) is 6.92 Å². The number of hydrogen-bond donors (Lipinski definition) is 0. The van der Waals surface area contributed by atoms with Gasteiger partial charge in [0.1, 0.15) is 0 Å². The molecule has 0 aliphatic rings. The highest BCUT2D eigenvalue weighted by Gasteiger charge is 2.10.